The first-order chi connectivity index (χ1) is 23.6. The maximum Gasteiger partial charge on any atom is 0.416 e. The van der Waals surface area contributed by atoms with Gasteiger partial charge in [-0.25, -0.2) is 0 Å². The average Bonchev–Trinajstić information content (AvgIpc) is 3.46. The van der Waals surface area contributed by atoms with Gasteiger partial charge in [0.15, 0.2) is 0 Å². The quantitative estimate of drug-likeness (QED) is 0.200. The van der Waals surface area contributed by atoms with Crippen LogP contribution in [0.15, 0.2) is 53.6 Å². The molecular formula is C33H38F9N7O2. The number of carbonyl (C=O) groups is 2. The van der Waals surface area contributed by atoms with Crippen LogP contribution in [0.1, 0.15) is 76.0 Å². The molecule has 0 saturated heterocycles. The number of halogens is 9. The second-order valence-electron chi connectivity index (χ2n) is 13.0. The van der Waals surface area contributed by atoms with Gasteiger partial charge in [0.05, 0.1) is 18.7 Å². The molecule has 0 unspecified atom stereocenters. The molecule has 2 atom stereocenters. The number of aryl methyl sites for hydroxylation is 1. The van der Waals surface area contributed by atoms with Gasteiger partial charge in [-0.15, -0.1) is 5.10 Å². The van der Waals surface area contributed by atoms with Gasteiger partial charge in [-0.3, -0.25) is 9.59 Å². The number of primary amides is 1. The first kappa shape index (κ1) is 39.4. The topological polar surface area (TPSA) is 110 Å². The summed E-state index contributed by atoms with van der Waals surface area (Å²) in [5, 5.41) is 11.8. The van der Waals surface area contributed by atoms with E-state index in [1.165, 1.54) is 16.8 Å². The lowest BCUT2D eigenvalue weighted by Gasteiger charge is -2.46. The minimum absolute atomic E-state index is 0.000335. The lowest BCUT2D eigenvalue weighted by atomic mass is 9.78. The van der Waals surface area contributed by atoms with E-state index in [9.17, 15) is 49.1 Å². The van der Waals surface area contributed by atoms with Crippen molar-refractivity contribution in [2.45, 2.75) is 89.4 Å². The number of carbonyl (C=O) groups excluding carboxylic acids is 2. The summed E-state index contributed by atoms with van der Waals surface area (Å²) < 4.78 is 124. The van der Waals surface area contributed by atoms with Crippen LogP contribution >= 0.6 is 0 Å². The lowest BCUT2D eigenvalue weighted by molar-refractivity contribution is -0.137. The zero-order valence-electron chi connectivity index (χ0n) is 28.0. The number of hydrogen-bond acceptors (Lipinski definition) is 6. The van der Waals surface area contributed by atoms with Crippen LogP contribution in [0.2, 0.25) is 0 Å². The number of hydrogen-bond donors (Lipinski definition) is 1. The van der Waals surface area contributed by atoms with E-state index < -0.39 is 71.3 Å². The van der Waals surface area contributed by atoms with Gasteiger partial charge in [0, 0.05) is 41.8 Å². The second kappa shape index (κ2) is 15.1. The molecule has 1 aromatic carbocycles. The summed E-state index contributed by atoms with van der Waals surface area (Å²) in [6, 6.07) is 0.973. The van der Waals surface area contributed by atoms with Gasteiger partial charge in [-0.2, -0.15) is 44.3 Å². The third-order valence-corrected chi connectivity index (χ3v) is 9.28. The molecule has 280 valence electrons. The smallest absolute Gasteiger partial charge is 0.370 e. The third kappa shape index (κ3) is 9.49. The molecule has 0 bridgehead atoms. The standard InChI is InChI=1S/C33H38F9N7O2/c1-5-24-16-27(48(30-44-46-47(4)45-30)17-21(12-18(2)31(34,35)36)13-19(3)32(37,38)39)25-15-23(33(40,41)42)10-11-26(25)49(24)29(51)22-8-6-20(7-9-22)14-28(43)50/h10-13,15,20,22,24,27H,2,5-9,14,16-17H2,1,3-4H3,(H2,43,50)/b19-13+,21-12+/t20?,22?,24-,27+/m1/s1. The van der Waals surface area contributed by atoms with Crippen LogP contribution in [0.3, 0.4) is 0 Å². The number of aromatic nitrogens is 4. The molecule has 1 aliphatic carbocycles. The molecule has 1 aromatic heterocycles. The monoisotopic (exact) mass is 735 g/mol. The minimum Gasteiger partial charge on any atom is -0.370 e. The molecule has 2 aromatic rings. The van der Waals surface area contributed by atoms with Crippen molar-refractivity contribution in [2.24, 2.45) is 24.6 Å². The number of benzene rings is 1. The summed E-state index contributed by atoms with van der Waals surface area (Å²) in [5.74, 6) is -1.59. The number of anilines is 2. The van der Waals surface area contributed by atoms with Crippen LogP contribution in [-0.4, -0.2) is 57.0 Å². The maximum atomic E-state index is 14.2. The number of nitrogens with zero attached hydrogens (tertiary/aromatic N) is 6. The summed E-state index contributed by atoms with van der Waals surface area (Å²) >= 11 is 0. The van der Waals surface area contributed by atoms with E-state index in [4.69, 9.17) is 5.73 Å². The van der Waals surface area contributed by atoms with Crippen molar-refractivity contribution in [3.8, 4) is 0 Å². The Balaban J connectivity index is 1.87. The van der Waals surface area contributed by atoms with E-state index in [0.29, 0.717) is 51.2 Å². The first-order valence-electron chi connectivity index (χ1n) is 16.1. The zero-order chi connectivity index (χ0) is 38.1. The van der Waals surface area contributed by atoms with E-state index in [1.807, 2.05) is 0 Å². The van der Waals surface area contributed by atoms with Crippen LogP contribution in [-0.2, 0) is 22.8 Å². The number of fused-ring (bicyclic) bond motifs is 1. The predicted octanol–water partition coefficient (Wildman–Crippen LogP) is 7.53. The number of allylic oxidation sites excluding steroid dienone is 3. The second-order valence-corrected chi connectivity index (χ2v) is 13.0. The Morgan fingerprint density at radius 1 is 1.02 bits per heavy atom. The molecule has 4 rings (SSSR count). The minimum atomic E-state index is -5.01. The lowest BCUT2D eigenvalue weighted by Crippen LogP contribution is -2.50. The van der Waals surface area contributed by atoms with Crippen LogP contribution in [0.4, 0.5) is 51.1 Å². The van der Waals surface area contributed by atoms with E-state index in [1.54, 1.807) is 6.92 Å². The van der Waals surface area contributed by atoms with Gasteiger partial charge >= 0.3 is 18.5 Å². The molecular weight excluding hydrogens is 697 g/mol. The van der Waals surface area contributed by atoms with Crippen molar-refractivity contribution in [2.75, 3.05) is 16.3 Å². The molecule has 1 saturated carbocycles. The number of nitrogens with two attached hydrogens (primary N) is 1. The number of rotatable bonds is 10. The summed E-state index contributed by atoms with van der Waals surface area (Å²) in [6.45, 7) is 4.64. The molecule has 2 amide bonds. The van der Waals surface area contributed by atoms with Crippen LogP contribution in [0.25, 0.3) is 0 Å². The largest absolute Gasteiger partial charge is 0.416 e. The number of alkyl halides is 9. The molecule has 0 radical (unpaired) electrons. The van der Waals surface area contributed by atoms with E-state index in [-0.39, 0.29) is 41.9 Å². The van der Waals surface area contributed by atoms with Crippen molar-refractivity contribution in [1.82, 2.24) is 20.2 Å². The van der Waals surface area contributed by atoms with Crippen LogP contribution in [0, 0.1) is 11.8 Å². The Hall–Kier alpha value is -4.38. The molecule has 2 aliphatic rings. The fourth-order valence-electron chi connectivity index (χ4n) is 6.65. The Kier molecular flexibility index (Phi) is 11.6. The van der Waals surface area contributed by atoms with E-state index in [0.717, 1.165) is 23.0 Å². The van der Waals surface area contributed by atoms with Gasteiger partial charge in [0.25, 0.3) is 5.95 Å². The molecule has 0 spiro atoms. The van der Waals surface area contributed by atoms with Gasteiger partial charge in [0.1, 0.15) is 0 Å². The summed E-state index contributed by atoms with van der Waals surface area (Å²) in [7, 11) is 1.36. The fourth-order valence-corrected chi connectivity index (χ4v) is 6.65. The van der Waals surface area contributed by atoms with Crippen molar-refractivity contribution >= 4 is 23.5 Å². The third-order valence-electron chi connectivity index (χ3n) is 9.28. The SMILES string of the molecule is C=C(/C=C(\C=C(/C)C(F)(F)F)CN(c1nnn(C)n1)[C@H]1C[C@@H](CC)N(C(=O)C2CCC(CC(N)=O)CC2)c2ccc(C(F)(F)F)cc21)C(F)(F)F. The Bertz CT molecular complexity index is 1670. The highest BCUT2D eigenvalue weighted by molar-refractivity contribution is 5.97. The number of tetrazole rings is 1. The van der Waals surface area contributed by atoms with Gasteiger partial charge in [0.2, 0.25) is 11.8 Å². The fraction of sp³-hybridized carbons (Fsp3) is 0.545. The molecule has 2 N–H and O–H groups in total. The highest BCUT2D eigenvalue weighted by atomic mass is 19.4. The normalized spacial score (nSPS) is 22.1. The predicted molar refractivity (Wildman–Crippen MR) is 169 cm³/mol. The summed E-state index contributed by atoms with van der Waals surface area (Å²) in [6.07, 6.45) is -11.5. The van der Waals surface area contributed by atoms with Crippen LogP contribution in [0.5, 0.6) is 0 Å². The molecule has 51 heavy (non-hydrogen) atoms. The molecule has 18 heteroatoms. The van der Waals surface area contributed by atoms with E-state index >= 15 is 0 Å². The Labute approximate surface area is 288 Å². The summed E-state index contributed by atoms with van der Waals surface area (Å²) in [5.41, 5.74) is 1.07. The Morgan fingerprint density at radius 2 is 1.67 bits per heavy atom. The van der Waals surface area contributed by atoms with Gasteiger partial charge < -0.3 is 15.5 Å². The molecule has 1 fully saturated rings. The van der Waals surface area contributed by atoms with E-state index in [2.05, 4.69) is 22.0 Å². The van der Waals surface area contributed by atoms with Crippen molar-refractivity contribution in [3.63, 3.8) is 0 Å². The molecule has 9 nitrogen and oxygen atoms in total. The van der Waals surface area contributed by atoms with Crippen molar-refractivity contribution in [3.05, 3.63) is 64.8 Å². The van der Waals surface area contributed by atoms with Crippen molar-refractivity contribution in [1.29, 1.82) is 0 Å². The van der Waals surface area contributed by atoms with Gasteiger partial charge in [-0.05, 0) is 98.1 Å². The summed E-state index contributed by atoms with van der Waals surface area (Å²) in [4.78, 5) is 29.2. The molecule has 1 aliphatic heterocycles. The van der Waals surface area contributed by atoms with Crippen LogP contribution < -0.4 is 15.5 Å². The Morgan fingerprint density at radius 3 is 2.18 bits per heavy atom. The first-order valence-corrected chi connectivity index (χ1v) is 16.1. The maximum absolute atomic E-state index is 14.2. The van der Waals surface area contributed by atoms with Gasteiger partial charge in [-0.1, -0.05) is 18.6 Å². The number of amides is 2. The highest BCUT2D eigenvalue weighted by Gasteiger charge is 2.43. The van der Waals surface area contributed by atoms with Crippen molar-refractivity contribution < 1.29 is 49.1 Å². The zero-order valence-corrected chi connectivity index (χ0v) is 28.0. The molecule has 2 heterocycles. The average molecular weight is 736 g/mol. The highest BCUT2D eigenvalue weighted by Crippen LogP contribution is 2.46.